The van der Waals surface area contributed by atoms with Gasteiger partial charge in [0.05, 0.1) is 38.6 Å². The van der Waals surface area contributed by atoms with Gasteiger partial charge in [-0.15, -0.1) is 5.10 Å². The van der Waals surface area contributed by atoms with Crippen LogP contribution in [-0.2, 0) is 16.1 Å². The summed E-state index contributed by atoms with van der Waals surface area (Å²) < 4.78 is 7.49. The maximum Gasteiger partial charge on any atom is 0.272 e. The van der Waals surface area contributed by atoms with Crippen LogP contribution in [0.5, 0.6) is 0 Å². The molecule has 148 valence electrons. The zero-order valence-corrected chi connectivity index (χ0v) is 15.2. The molecular formula is C16H20N8O4. The number of carbonyl (C=O) groups is 2. The molecular weight excluding hydrogens is 368 g/mol. The summed E-state index contributed by atoms with van der Waals surface area (Å²) in [6.45, 7) is 2.57. The highest BCUT2D eigenvalue weighted by molar-refractivity contribution is 5.92. The van der Waals surface area contributed by atoms with E-state index in [4.69, 9.17) is 4.74 Å². The van der Waals surface area contributed by atoms with Crippen LogP contribution in [0.15, 0.2) is 23.5 Å². The molecule has 0 radical (unpaired) electrons. The molecule has 4 rings (SSSR count). The number of ether oxygens (including phenoxy) is 1. The SMILES string of the molecule is O=C(CCn1cnnn1)N1CCC2(C1)CN(C(=O)c1cncc(=O)[nH]1)CCO2. The van der Waals surface area contributed by atoms with E-state index in [1.165, 1.54) is 17.2 Å². The second-order valence-corrected chi connectivity index (χ2v) is 6.96. The molecule has 1 spiro atoms. The molecule has 28 heavy (non-hydrogen) atoms. The van der Waals surface area contributed by atoms with Crippen molar-refractivity contribution in [1.29, 1.82) is 0 Å². The lowest BCUT2D eigenvalue weighted by Crippen LogP contribution is -2.55. The van der Waals surface area contributed by atoms with Gasteiger partial charge in [0.2, 0.25) is 5.91 Å². The Morgan fingerprint density at radius 1 is 1.21 bits per heavy atom. The van der Waals surface area contributed by atoms with Gasteiger partial charge in [-0.25, -0.2) is 4.68 Å². The highest BCUT2D eigenvalue weighted by Gasteiger charge is 2.45. The molecule has 0 bridgehead atoms. The Labute approximate surface area is 159 Å². The summed E-state index contributed by atoms with van der Waals surface area (Å²) in [5.74, 6) is -0.299. The molecule has 2 saturated heterocycles. The van der Waals surface area contributed by atoms with Crippen molar-refractivity contribution in [2.24, 2.45) is 0 Å². The molecule has 2 aliphatic rings. The van der Waals surface area contributed by atoms with E-state index in [2.05, 4.69) is 25.5 Å². The summed E-state index contributed by atoms with van der Waals surface area (Å²) in [5, 5.41) is 10.8. The van der Waals surface area contributed by atoms with E-state index in [1.807, 2.05) is 0 Å². The average Bonchev–Trinajstić information content (AvgIpc) is 3.36. The minimum absolute atomic E-state index is 0.00369. The molecule has 0 aromatic carbocycles. The zero-order chi connectivity index (χ0) is 19.6. The molecule has 0 aliphatic carbocycles. The molecule has 12 nitrogen and oxygen atoms in total. The predicted octanol–water partition coefficient (Wildman–Crippen LogP) is -1.71. The summed E-state index contributed by atoms with van der Waals surface area (Å²) >= 11 is 0. The summed E-state index contributed by atoms with van der Waals surface area (Å²) in [5.41, 5.74) is -0.855. The number of likely N-dealkylation sites (tertiary alicyclic amines) is 1. The highest BCUT2D eigenvalue weighted by atomic mass is 16.5. The van der Waals surface area contributed by atoms with Gasteiger partial charge < -0.3 is 19.5 Å². The Bertz CT molecular complexity index is 913. The average molecular weight is 388 g/mol. The first-order valence-electron chi connectivity index (χ1n) is 9.01. The quantitative estimate of drug-likeness (QED) is 0.653. The smallest absolute Gasteiger partial charge is 0.272 e. The van der Waals surface area contributed by atoms with Crippen LogP contribution in [0.1, 0.15) is 23.3 Å². The number of nitrogens with zero attached hydrogens (tertiary/aromatic N) is 7. The third kappa shape index (κ3) is 3.76. The first kappa shape index (κ1) is 18.2. The van der Waals surface area contributed by atoms with E-state index >= 15 is 0 Å². The van der Waals surface area contributed by atoms with E-state index < -0.39 is 11.2 Å². The second kappa shape index (κ2) is 7.46. The van der Waals surface area contributed by atoms with Crippen LogP contribution in [0, 0.1) is 0 Å². The number of rotatable bonds is 4. The fourth-order valence-electron chi connectivity index (χ4n) is 3.63. The molecule has 1 N–H and O–H groups in total. The van der Waals surface area contributed by atoms with E-state index in [0.29, 0.717) is 52.2 Å². The van der Waals surface area contributed by atoms with Gasteiger partial charge in [0.1, 0.15) is 17.6 Å². The van der Waals surface area contributed by atoms with Crippen molar-refractivity contribution in [2.75, 3.05) is 32.8 Å². The number of hydrogen-bond donors (Lipinski definition) is 1. The minimum Gasteiger partial charge on any atom is -0.369 e. The maximum atomic E-state index is 12.7. The first-order valence-corrected chi connectivity index (χ1v) is 9.01. The van der Waals surface area contributed by atoms with Crippen molar-refractivity contribution < 1.29 is 14.3 Å². The number of aromatic amines is 1. The van der Waals surface area contributed by atoms with Crippen molar-refractivity contribution in [3.63, 3.8) is 0 Å². The van der Waals surface area contributed by atoms with Gasteiger partial charge in [0, 0.05) is 19.5 Å². The van der Waals surface area contributed by atoms with Crippen LogP contribution in [0.4, 0.5) is 0 Å². The topological polar surface area (TPSA) is 139 Å². The molecule has 2 aromatic rings. The van der Waals surface area contributed by atoms with Crippen LogP contribution in [0.25, 0.3) is 0 Å². The Hall–Kier alpha value is -3.15. The van der Waals surface area contributed by atoms with Gasteiger partial charge in [0.15, 0.2) is 0 Å². The van der Waals surface area contributed by atoms with Crippen molar-refractivity contribution in [3.8, 4) is 0 Å². The third-order valence-electron chi connectivity index (χ3n) is 5.03. The Morgan fingerprint density at radius 3 is 2.86 bits per heavy atom. The number of morpholine rings is 1. The van der Waals surface area contributed by atoms with E-state index in [0.717, 1.165) is 6.20 Å². The van der Waals surface area contributed by atoms with E-state index in [-0.39, 0.29) is 17.5 Å². The number of tetrazole rings is 1. The van der Waals surface area contributed by atoms with Crippen molar-refractivity contribution in [3.05, 3.63) is 34.8 Å². The van der Waals surface area contributed by atoms with Gasteiger partial charge >= 0.3 is 0 Å². The Kier molecular flexibility index (Phi) is 4.86. The molecule has 2 amide bonds. The fraction of sp³-hybridized carbons (Fsp3) is 0.562. The van der Waals surface area contributed by atoms with Gasteiger partial charge in [-0.3, -0.25) is 19.4 Å². The number of aromatic nitrogens is 6. The van der Waals surface area contributed by atoms with Crippen LogP contribution in [0.3, 0.4) is 0 Å². The summed E-state index contributed by atoms with van der Waals surface area (Å²) in [6.07, 6.45) is 4.87. The molecule has 2 aliphatic heterocycles. The van der Waals surface area contributed by atoms with Crippen LogP contribution < -0.4 is 5.56 Å². The van der Waals surface area contributed by atoms with Crippen LogP contribution in [0.2, 0.25) is 0 Å². The number of H-pyrrole nitrogens is 1. The molecule has 2 aromatic heterocycles. The molecule has 0 saturated carbocycles. The fourth-order valence-corrected chi connectivity index (χ4v) is 3.63. The zero-order valence-electron chi connectivity index (χ0n) is 15.2. The van der Waals surface area contributed by atoms with Gasteiger partial charge in [-0.05, 0) is 16.8 Å². The van der Waals surface area contributed by atoms with Crippen LogP contribution in [-0.4, -0.2) is 90.2 Å². The van der Waals surface area contributed by atoms with Crippen molar-refractivity contribution >= 4 is 11.8 Å². The van der Waals surface area contributed by atoms with Crippen molar-refractivity contribution in [2.45, 2.75) is 25.0 Å². The Balaban J connectivity index is 1.38. The lowest BCUT2D eigenvalue weighted by atomic mass is 10.0. The monoisotopic (exact) mass is 388 g/mol. The lowest BCUT2D eigenvalue weighted by molar-refractivity contribution is -0.133. The van der Waals surface area contributed by atoms with E-state index in [1.54, 1.807) is 9.80 Å². The lowest BCUT2D eigenvalue weighted by Gasteiger charge is -2.40. The largest absolute Gasteiger partial charge is 0.369 e. The molecule has 4 heterocycles. The third-order valence-corrected chi connectivity index (χ3v) is 5.03. The number of carbonyl (C=O) groups excluding carboxylic acids is 2. The number of hydrogen-bond acceptors (Lipinski definition) is 8. The van der Waals surface area contributed by atoms with Gasteiger partial charge in [0.25, 0.3) is 11.5 Å². The summed E-state index contributed by atoms with van der Waals surface area (Å²) in [4.78, 5) is 46.3. The standard InChI is InChI=1S/C16H20N8O4/c25-13-8-17-7-12(19-13)15(27)23-5-6-28-16(10-23)2-4-22(9-16)14(26)1-3-24-11-18-20-21-24/h7-8,11H,1-6,9-10H2,(H,19,25). The first-order chi connectivity index (χ1) is 13.5. The minimum atomic E-state index is -0.582. The molecule has 12 heteroatoms. The maximum absolute atomic E-state index is 12.7. The van der Waals surface area contributed by atoms with Gasteiger partial charge in [-0.2, -0.15) is 0 Å². The highest BCUT2D eigenvalue weighted by Crippen LogP contribution is 2.30. The predicted molar refractivity (Wildman–Crippen MR) is 93.1 cm³/mol. The number of aryl methyl sites for hydroxylation is 1. The Morgan fingerprint density at radius 2 is 2.07 bits per heavy atom. The summed E-state index contributed by atoms with van der Waals surface area (Å²) in [7, 11) is 0. The van der Waals surface area contributed by atoms with Crippen molar-refractivity contribution in [1.82, 2.24) is 40.0 Å². The number of amides is 2. The van der Waals surface area contributed by atoms with Gasteiger partial charge in [-0.1, -0.05) is 0 Å². The van der Waals surface area contributed by atoms with Crippen LogP contribution >= 0.6 is 0 Å². The molecule has 1 atom stereocenters. The summed E-state index contributed by atoms with van der Waals surface area (Å²) in [6, 6.07) is 0. The number of nitrogens with one attached hydrogen (secondary N) is 1. The normalized spacial score (nSPS) is 22.0. The van der Waals surface area contributed by atoms with E-state index in [9.17, 15) is 14.4 Å². The molecule has 1 unspecified atom stereocenters. The second-order valence-electron chi connectivity index (χ2n) is 6.96. The molecule has 2 fully saturated rings.